The summed E-state index contributed by atoms with van der Waals surface area (Å²) < 4.78 is 0. The van der Waals surface area contributed by atoms with Crippen LogP contribution in [0.1, 0.15) is 39.5 Å². The van der Waals surface area contributed by atoms with Gasteiger partial charge in [0.2, 0.25) is 0 Å². The molecule has 0 atom stereocenters. The molecule has 1 aliphatic rings. The van der Waals surface area contributed by atoms with Crippen LogP contribution < -0.4 is 0 Å². The number of carbonyl (C=O) groups is 1. The van der Waals surface area contributed by atoms with Crippen molar-refractivity contribution in [2.75, 3.05) is 0 Å². The first-order valence-corrected chi connectivity index (χ1v) is 4.90. The number of hydrogen-bond donors (Lipinski definition) is 2. The normalized spacial score (nSPS) is 34.9. The predicted molar refractivity (Wildman–Crippen MR) is 49.4 cm³/mol. The second-order valence-electron chi connectivity index (χ2n) is 4.35. The second-order valence-corrected chi connectivity index (χ2v) is 4.35. The molecule has 0 aromatic heterocycles. The average molecular weight is 186 g/mol. The van der Waals surface area contributed by atoms with E-state index in [1.54, 1.807) is 0 Å². The van der Waals surface area contributed by atoms with E-state index in [0.717, 1.165) is 0 Å². The number of hydrogen-bond acceptors (Lipinski definition) is 2. The van der Waals surface area contributed by atoms with Crippen molar-refractivity contribution in [2.45, 2.75) is 45.6 Å². The second kappa shape index (κ2) is 3.66. The Morgan fingerprint density at radius 3 is 2.15 bits per heavy atom. The summed E-state index contributed by atoms with van der Waals surface area (Å²) in [6.45, 7) is 3.90. The van der Waals surface area contributed by atoms with Crippen molar-refractivity contribution >= 4 is 5.97 Å². The summed E-state index contributed by atoms with van der Waals surface area (Å²) in [5.74, 6) is -0.549. The SMILES string of the molecule is CC(C)C1(C(=O)O)CCC(O)CC1. The molecule has 0 aromatic carbocycles. The molecule has 0 spiro atoms. The number of aliphatic hydroxyl groups is 1. The zero-order chi connectivity index (χ0) is 10.1. The van der Waals surface area contributed by atoms with E-state index in [2.05, 4.69) is 0 Å². The third-order valence-electron chi connectivity index (χ3n) is 3.38. The fraction of sp³-hybridized carbons (Fsp3) is 0.900. The molecule has 0 radical (unpaired) electrons. The molecule has 0 saturated heterocycles. The molecule has 0 aliphatic heterocycles. The molecule has 2 N–H and O–H groups in total. The zero-order valence-corrected chi connectivity index (χ0v) is 8.29. The Kier molecular flexibility index (Phi) is 2.96. The van der Waals surface area contributed by atoms with E-state index in [1.807, 2.05) is 13.8 Å². The van der Waals surface area contributed by atoms with E-state index in [9.17, 15) is 9.90 Å². The number of rotatable bonds is 2. The van der Waals surface area contributed by atoms with Crippen LogP contribution in [-0.2, 0) is 4.79 Å². The molecule has 76 valence electrons. The van der Waals surface area contributed by atoms with Crippen molar-refractivity contribution in [1.82, 2.24) is 0 Å². The Hall–Kier alpha value is -0.570. The van der Waals surface area contributed by atoms with Crippen molar-refractivity contribution in [3.8, 4) is 0 Å². The average Bonchev–Trinajstić information content (AvgIpc) is 2.04. The summed E-state index contributed by atoms with van der Waals surface area (Å²) in [5.41, 5.74) is -0.584. The maximum atomic E-state index is 11.1. The lowest BCUT2D eigenvalue weighted by Gasteiger charge is -2.38. The molecule has 1 rings (SSSR count). The summed E-state index contributed by atoms with van der Waals surface area (Å²) in [4.78, 5) is 11.1. The molecular formula is C10H18O3. The topological polar surface area (TPSA) is 57.5 Å². The number of aliphatic carboxylic acids is 1. The summed E-state index contributed by atoms with van der Waals surface area (Å²) >= 11 is 0. The first-order valence-electron chi connectivity index (χ1n) is 4.90. The molecule has 0 heterocycles. The largest absolute Gasteiger partial charge is 0.481 e. The van der Waals surface area contributed by atoms with Gasteiger partial charge in [-0.05, 0) is 31.6 Å². The van der Waals surface area contributed by atoms with Crippen molar-refractivity contribution in [3.05, 3.63) is 0 Å². The van der Waals surface area contributed by atoms with Crippen LogP contribution in [0.15, 0.2) is 0 Å². The standard InChI is InChI=1S/C10H18O3/c1-7(2)10(9(12)13)5-3-8(11)4-6-10/h7-8,11H,3-6H2,1-2H3,(H,12,13). The van der Waals surface area contributed by atoms with Gasteiger partial charge >= 0.3 is 5.97 Å². The highest BCUT2D eigenvalue weighted by Gasteiger charge is 2.43. The first-order chi connectivity index (χ1) is 5.99. The molecule has 13 heavy (non-hydrogen) atoms. The summed E-state index contributed by atoms with van der Waals surface area (Å²) in [6, 6.07) is 0. The first kappa shape index (κ1) is 10.5. The molecule has 3 heteroatoms. The smallest absolute Gasteiger partial charge is 0.309 e. The third kappa shape index (κ3) is 1.85. The van der Waals surface area contributed by atoms with Crippen molar-refractivity contribution in [1.29, 1.82) is 0 Å². The molecule has 1 aliphatic carbocycles. The van der Waals surface area contributed by atoms with E-state index >= 15 is 0 Å². The summed E-state index contributed by atoms with van der Waals surface area (Å²) in [6.07, 6.45) is 2.20. The van der Waals surface area contributed by atoms with Gasteiger partial charge in [-0.25, -0.2) is 0 Å². The van der Waals surface area contributed by atoms with Crippen molar-refractivity contribution in [2.24, 2.45) is 11.3 Å². The Bertz CT molecular complexity index is 190. The van der Waals surface area contributed by atoms with Gasteiger partial charge in [0.15, 0.2) is 0 Å². The van der Waals surface area contributed by atoms with Crippen LogP contribution in [0.3, 0.4) is 0 Å². The molecule has 0 unspecified atom stereocenters. The zero-order valence-electron chi connectivity index (χ0n) is 8.29. The Labute approximate surface area is 78.8 Å². The Morgan fingerprint density at radius 2 is 1.85 bits per heavy atom. The van der Waals surface area contributed by atoms with Gasteiger partial charge in [0, 0.05) is 0 Å². The van der Waals surface area contributed by atoms with E-state index in [1.165, 1.54) is 0 Å². The fourth-order valence-corrected chi connectivity index (χ4v) is 2.16. The van der Waals surface area contributed by atoms with Gasteiger partial charge in [-0.2, -0.15) is 0 Å². The highest BCUT2D eigenvalue weighted by Crippen LogP contribution is 2.42. The van der Waals surface area contributed by atoms with Crippen LogP contribution >= 0.6 is 0 Å². The minimum atomic E-state index is -0.700. The Morgan fingerprint density at radius 1 is 1.38 bits per heavy atom. The minimum absolute atomic E-state index is 0.150. The number of aliphatic hydroxyl groups excluding tert-OH is 1. The minimum Gasteiger partial charge on any atom is -0.481 e. The van der Waals surface area contributed by atoms with E-state index in [-0.39, 0.29) is 12.0 Å². The van der Waals surface area contributed by atoms with Crippen LogP contribution in [0.4, 0.5) is 0 Å². The van der Waals surface area contributed by atoms with Gasteiger partial charge in [-0.3, -0.25) is 4.79 Å². The molecule has 0 amide bonds. The summed E-state index contributed by atoms with van der Waals surface area (Å²) in [5, 5.41) is 18.5. The maximum absolute atomic E-state index is 11.1. The highest BCUT2D eigenvalue weighted by molar-refractivity contribution is 5.75. The lowest BCUT2D eigenvalue weighted by Crippen LogP contribution is -2.40. The third-order valence-corrected chi connectivity index (χ3v) is 3.38. The van der Waals surface area contributed by atoms with Crippen molar-refractivity contribution in [3.63, 3.8) is 0 Å². The quantitative estimate of drug-likeness (QED) is 0.689. The fourth-order valence-electron chi connectivity index (χ4n) is 2.16. The predicted octanol–water partition coefficient (Wildman–Crippen LogP) is 1.65. The molecular weight excluding hydrogens is 168 g/mol. The molecule has 0 aromatic rings. The maximum Gasteiger partial charge on any atom is 0.309 e. The van der Waals surface area contributed by atoms with Gasteiger partial charge in [0.05, 0.1) is 11.5 Å². The lowest BCUT2D eigenvalue weighted by atomic mass is 9.66. The molecule has 0 bridgehead atoms. The monoisotopic (exact) mass is 186 g/mol. The van der Waals surface area contributed by atoms with E-state index in [0.29, 0.717) is 25.7 Å². The number of carboxylic acid groups (broad SMARTS) is 1. The van der Waals surface area contributed by atoms with Crippen LogP contribution in [0.25, 0.3) is 0 Å². The van der Waals surface area contributed by atoms with Gasteiger partial charge in [0.25, 0.3) is 0 Å². The Balaban J connectivity index is 2.75. The lowest BCUT2D eigenvalue weighted by molar-refractivity contribution is -0.156. The van der Waals surface area contributed by atoms with Gasteiger partial charge in [-0.15, -0.1) is 0 Å². The van der Waals surface area contributed by atoms with E-state index in [4.69, 9.17) is 5.11 Å². The molecule has 1 saturated carbocycles. The molecule has 1 fully saturated rings. The van der Waals surface area contributed by atoms with Gasteiger partial charge in [0.1, 0.15) is 0 Å². The van der Waals surface area contributed by atoms with E-state index < -0.39 is 11.4 Å². The summed E-state index contributed by atoms with van der Waals surface area (Å²) in [7, 11) is 0. The van der Waals surface area contributed by atoms with Crippen LogP contribution in [-0.4, -0.2) is 22.3 Å². The van der Waals surface area contributed by atoms with Crippen LogP contribution in [0.2, 0.25) is 0 Å². The number of carboxylic acids is 1. The van der Waals surface area contributed by atoms with Gasteiger partial charge < -0.3 is 10.2 Å². The van der Waals surface area contributed by atoms with Crippen molar-refractivity contribution < 1.29 is 15.0 Å². The van der Waals surface area contributed by atoms with Crippen LogP contribution in [0, 0.1) is 11.3 Å². The highest BCUT2D eigenvalue weighted by atomic mass is 16.4. The van der Waals surface area contributed by atoms with Crippen LogP contribution in [0.5, 0.6) is 0 Å². The van der Waals surface area contributed by atoms with Gasteiger partial charge in [-0.1, -0.05) is 13.8 Å². The molecule has 3 nitrogen and oxygen atoms in total.